The van der Waals surface area contributed by atoms with E-state index in [2.05, 4.69) is 79.2 Å². The number of pyridine rings is 1. The molecule has 4 nitrogen and oxygen atoms in total. The van der Waals surface area contributed by atoms with Gasteiger partial charge in [0.2, 0.25) is 0 Å². The molecule has 1 aromatic carbocycles. The van der Waals surface area contributed by atoms with Crippen molar-refractivity contribution in [3.63, 3.8) is 0 Å². The van der Waals surface area contributed by atoms with E-state index in [0.717, 1.165) is 56.4 Å². The van der Waals surface area contributed by atoms with Crippen LogP contribution in [-0.4, -0.2) is 48.9 Å². The van der Waals surface area contributed by atoms with Gasteiger partial charge in [-0.2, -0.15) is 0 Å². The van der Waals surface area contributed by atoms with Crippen LogP contribution < -0.4 is 9.80 Å². The van der Waals surface area contributed by atoms with Crippen LogP contribution in [0, 0.1) is 20.8 Å². The Morgan fingerprint density at radius 1 is 1.00 bits per heavy atom. The lowest BCUT2D eigenvalue weighted by molar-refractivity contribution is 0.366. The van der Waals surface area contributed by atoms with E-state index < -0.39 is 0 Å². The molecule has 2 aliphatic heterocycles. The first-order valence-electron chi connectivity index (χ1n) is 11.2. The SMILES string of the molecule is C=C(c1ccc(N2CCCC2=C)cc1SC)N1CCN(c2nc(C)c(C)cc2C)CC1. The molecule has 0 atom stereocenters. The van der Waals surface area contributed by atoms with Crippen molar-refractivity contribution >= 4 is 29.0 Å². The molecule has 31 heavy (non-hydrogen) atoms. The largest absolute Gasteiger partial charge is 0.368 e. The van der Waals surface area contributed by atoms with Gasteiger partial charge >= 0.3 is 0 Å². The van der Waals surface area contributed by atoms with Crippen LogP contribution in [0.5, 0.6) is 0 Å². The minimum absolute atomic E-state index is 0.964. The summed E-state index contributed by atoms with van der Waals surface area (Å²) < 4.78 is 0. The molecule has 3 heterocycles. The van der Waals surface area contributed by atoms with Crippen LogP contribution in [0.3, 0.4) is 0 Å². The van der Waals surface area contributed by atoms with Crippen molar-refractivity contribution in [2.24, 2.45) is 0 Å². The summed E-state index contributed by atoms with van der Waals surface area (Å²) in [6.07, 6.45) is 4.45. The molecule has 4 rings (SSSR count). The normalized spacial score (nSPS) is 16.9. The number of allylic oxidation sites excluding steroid dienone is 1. The quantitative estimate of drug-likeness (QED) is 0.567. The van der Waals surface area contributed by atoms with Crippen molar-refractivity contribution in [1.29, 1.82) is 0 Å². The number of nitrogens with zero attached hydrogens (tertiary/aromatic N) is 4. The Morgan fingerprint density at radius 3 is 2.39 bits per heavy atom. The average molecular weight is 435 g/mol. The molecule has 1 aromatic heterocycles. The van der Waals surface area contributed by atoms with Crippen molar-refractivity contribution in [2.45, 2.75) is 38.5 Å². The van der Waals surface area contributed by atoms with E-state index in [1.807, 2.05) is 0 Å². The summed E-state index contributed by atoms with van der Waals surface area (Å²) in [4.78, 5) is 13.4. The van der Waals surface area contributed by atoms with Gasteiger partial charge < -0.3 is 14.7 Å². The Morgan fingerprint density at radius 2 is 1.74 bits per heavy atom. The Labute approximate surface area is 191 Å². The summed E-state index contributed by atoms with van der Waals surface area (Å²) in [5.41, 5.74) is 8.50. The number of thioether (sulfide) groups is 1. The zero-order valence-corrected chi connectivity index (χ0v) is 20.2. The lowest BCUT2D eigenvalue weighted by atomic mass is 10.1. The Balaban J connectivity index is 1.47. The molecule has 0 bridgehead atoms. The molecule has 5 heteroatoms. The van der Waals surface area contributed by atoms with Crippen LogP contribution in [0.2, 0.25) is 0 Å². The molecular weight excluding hydrogens is 400 g/mol. The number of hydrogen-bond acceptors (Lipinski definition) is 5. The number of rotatable bonds is 5. The van der Waals surface area contributed by atoms with Crippen LogP contribution >= 0.6 is 11.8 Å². The highest BCUT2D eigenvalue weighted by molar-refractivity contribution is 7.98. The Hall–Kier alpha value is -2.40. The van der Waals surface area contributed by atoms with Gasteiger partial charge in [-0.25, -0.2) is 4.98 Å². The van der Waals surface area contributed by atoms with Gasteiger partial charge in [0.1, 0.15) is 5.82 Å². The van der Waals surface area contributed by atoms with Crippen molar-refractivity contribution in [2.75, 3.05) is 48.8 Å². The van der Waals surface area contributed by atoms with Crippen molar-refractivity contribution < 1.29 is 0 Å². The van der Waals surface area contributed by atoms with E-state index >= 15 is 0 Å². The minimum atomic E-state index is 0.964. The predicted octanol–water partition coefficient (Wildman–Crippen LogP) is 5.64. The molecule has 0 N–H and O–H groups in total. The van der Waals surface area contributed by atoms with E-state index in [-0.39, 0.29) is 0 Å². The number of aryl methyl sites for hydroxylation is 3. The lowest BCUT2D eigenvalue weighted by Crippen LogP contribution is -2.46. The number of piperazine rings is 1. The second-order valence-corrected chi connectivity index (χ2v) is 9.51. The highest BCUT2D eigenvalue weighted by Gasteiger charge is 2.23. The van der Waals surface area contributed by atoms with Gasteiger partial charge in [0.05, 0.1) is 0 Å². The molecule has 2 saturated heterocycles. The molecule has 0 aliphatic carbocycles. The summed E-state index contributed by atoms with van der Waals surface area (Å²) in [6, 6.07) is 9.04. The van der Waals surface area contributed by atoms with Crippen LogP contribution in [-0.2, 0) is 0 Å². The number of hydrogen-bond donors (Lipinski definition) is 0. The fraction of sp³-hybridized carbons (Fsp3) is 0.423. The van der Waals surface area contributed by atoms with Crippen LogP contribution in [0.25, 0.3) is 5.70 Å². The number of aromatic nitrogens is 1. The maximum absolute atomic E-state index is 4.87. The lowest BCUT2D eigenvalue weighted by Gasteiger charge is -2.38. The summed E-state index contributed by atoms with van der Waals surface area (Å²) in [6.45, 7) is 20.1. The average Bonchev–Trinajstić information content (AvgIpc) is 3.21. The first-order chi connectivity index (χ1) is 14.9. The Bertz CT molecular complexity index is 1000. The molecule has 0 radical (unpaired) electrons. The molecule has 0 unspecified atom stereocenters. The van der Waals surface area contributed by atoms with Crippen LogP contribution in [0.15, 0.2) is 48.0 Å². The fourth-order valence-electron chi connectivity index (χ4n) is 4.64. The summed E-state index contributed by atoms with van der Waals surface area (Å²) in [5.74, 6) is 1.13. The van der Waals surface area contributed by atoms with Crippen molar-refractivity contribution in [1.82, 2.24) is 9.88 Å². The van der Waals surface area contributed by atoms with Gasteiger partial charge in [0, 0.05) is 66.0 Å². The molecular formula is C26H34N4S. The fourth-order valence-corrected chi connectivity index (χ4v) is 5.28. The summed E-state index contributed by atoms with van der Waals surface area (Å²) >= 11 is 1.80. The van der Waals surface area contributed by atoms with E-state index in [9.17, 15) is 0 Å². The first kappa shape index (κ1) is 21.8. The van der Waals surface area contributed by atoms with Gasteiger partial charge in [0.15, 0.2) is 0 Å². The van der Waals surface area contributed by atoms with Crippen LogP contribution in [0.1, 0.15) is 35.2 Å². The molecule has 0 saturated carbocycles. The van der Waals surface area contributed by atoms with Gasteiger partial charge in [-0.15, -0.1) is 11.8 Å². The van der Waals surface area contributed by atoms with Gasteiger partial charge in [0.25, 0.3) is 0 Å². The topological polar surface area (TPSA) is 22.6 Å². The zero-order chi connectivity index (χ0) is 22.1. The summed E-state index contributed by atoms with van der Waals surface area (Å²) in [5, 5.41) is 0. The highest BCUT2D eigenvalue weighted by atomic mass is 32.2. The third kappa shape index (κ3) is 4.33. The molecule has 2 aliphatic rings. The van der Waals surface area contributed by atoms with Crippen LogP contribution in [0.4, 0.5) is 11.5 Å². The van der Waals surface area contributed by atoms with Gasteiger partial charge in [-0.3, -0.25) is 0 Å². The molecule has 2 aromatic rings. The molecule has 164 valence electrons. The maximum atomic E-state index is 4.87. The smallest absolute Gasteiger partial charge is 0.131 e. The summed E-state index contributed by atoms with van der Waals surface area (Å²) in [7, 11) is 0. The van der Waals surface area contributed by atoms with E-state index in [1.54, 1.807) is 11.8 Å². The van der Waals surface area contributed by atoms with E-state index in [4.69, 9.17) is 4.98 Å². The molecule has 0 amide bonds. The Kier molecular flexibility index (Phi) is 6.33. The van der Waals surface area contributed by atoms with E-state index in [1.165, 1.54) is 39.4 Å². The standard InChI is InChI=1S/C26H34N4S/c1-18-16-19(2)26(27-21(18)4)29-14-12-28(13-15-29)22(5)24-10-9-23(17-25(24)31-6)30-11-7-8-20(30)3/h9-10,16-17H,3,5,7-8,11-15H2,1-2,4,6H3. The monoisotopic (exact) mass is 434 g/mol. The zero-order valence-electron chi connectivity index (χ0n) is 19.4. The van der Waals surface area contributed by atoms with Crippen molar-refractivity contribution in [3.8, 4) is 0 Å². The third-order valence-electron chi connectivity index (χ3n) is 6.63. The second kappa shape index (κ2) is 8.99. The minimum Gasteiger partial charge on any atom is -0.368 e. The molecule has 0 spiro atoms. The third-order valence-corrected chi connectivity index (χ3v) is 7.41. The maximum Gasteiger partial charge on any atom is 0.131 e. The van der Waals surface area contributed by atoms with Gasteiger partial charge in [-0.05, 0) is 69.2 Å². The number of benzene rings is 1. The van der Waals surface area contributed by atoms with Crippen molar-refractivity contribution in [3.05, 3.63) is 65.5 Å². The van der Waals surface area contributed by atoms with E-state index in [0.29, 0.717) is 0 Å². The molecule has 2 fully saturated rings. The number of anilines is 2. The first-order valence-corrected chi connectivity index (χ1v) is 12.4. The highest BCUT2D eigenvalue weighted by Crippen LogP contribution is 2.35. The second-order valence-electron chi connectivity index (χ2n) is 8.66. The predicted molar refractivity (Wildman–Crippen MR) is 135 cm³/mol. The van der Waals surface area contributed by atoms with Gasteiger partial charge in [-0.1, -0.05) is 19.2 Å².